The zero-order valence-corrected chi connectivity index (χ0v) is 15.9. The van der Waals surface area contributed by atoms with Crippen LogP contribution in [0.15, 0.2) is 18.3 Å². The maximum absolute atomic E-state index is 12.4. The fraction of sp³-hybridized carbons (Fsp3) is 0.632. The standard InChI is InChI=1S/C19H28N4O3/c1-19(2,3)26-18(25)23-12-10-21(11-13-23)16-7-6-15(14-20-16)17(24)22-8-4-5-9-22/h6-7,14H,4-5,8-13H2,1-3H3. The summed E-state index contributed by atoms with van der Waals surface area (Å²) >= 11 is 0. The van der Waals surface area contributed by atoms with Crippen LogP contribution in [-0.4, -0.2) is 71.7 Å². The quantitative estimate of drug-likeness (QED) is 0.810. The SMILES string of the molecule is CC(C)(C)OC(=O)N1CCN(c2ccc(C(=O)N3CCCC3)cn2)CC1. The van der Waals surface area contributed by atoms with Crippen LogP contribution in [0.25, 0.3) is 0 Å². The molecular weight excluding hydrogens is 332 g/mol. The van der Waals surface area contributed by atoms with Crippen molar-refractivity contribution in [2.75, 3.05) is 44.2 Å². The number of nitrogens with zero attached hydrogens (tertiary/aromatic N) is 4. The van der Waals surface area contributed by atoms with Gasteiger partial charge in [-0.2, -0.15) is 0 Å². The van der Waals surface area contributed by atoms with Crippen molar-refractivity contribution in [2.45, 2.75) is 39.2 Å². The highest BCUT2D eigenvalue weighted by Gasteiger charge is 2.26. The van der Waals surface area contributed by atoms with Crippen molar-refractivity contribution < 1.29 is 14.3 Å². The predicted octanol–water partition coefficient (Wildman–Crippen LogP) is 2.37. The first-order valence-electron chi connectivity index (χ1n) is 9.32. The number of hydrogen-bond acceptors (Lipinski definition) is 5. The third-order valence-corrected chi connectivity index (χ3v) is 4.64. The molecule has 2 amide bonds. The lowest BCUT2D eigenvalue weighted by Gasteiger charge is -2.36. The average molecular weight is 360 g/mol. The smallest absolute Gasteiger partial charge is 0.410 e. The molecule has 0 atom stereocenters. The number of likely N-dealkylation sites (tertiary alicyclic amines) is 1. The number of anilines is 1. The number of ether oxygens (including phenoxy) is 1. The van der Waals surface area contributed by atoms with Crippen molar-refractivity contribution >= 4 is 17.8 Å². The van der Waals surface area contributed by atoms with Crippen LogP contribution >= 0.6 is 0 Å². The first-order chi connectivity index (χ1) is 12.3. The molecule has 142 valence electrons. The van der Waals surface area contributed by atoms with Crippen LogP contribution in [0.2, 0.25) is 0 Å². The van der Waals surface area contributed by atoms with Crippen molar-refractivity contribution in [1.82, 2.24) is 14.8 Å². The van der Waals surface area contributed by atoms with Crippen molar-refractivity contribution in [3.63, 3.8) is 0 Å². The summed E-state index contributed by atoms with van der Waals surface area (Å²) < 4.78 is 5.42. The Labute approximate surface area is 154 Å². The second kappa shape index (κ2) is 7.51. The minimum Gasteiger partial charge on any atom is -0.444 e. The molecule has 2 aliphatic rings. The number of aromatic nitrogens is 1. The molecule has 26 heavy (non-hydrogen) atoms. The van der Waals surface area contributed by atoms with Crippen LogP contribution in [0.4, 0.5) is 10.6 Å². The van der Waals surface area contributed by atoms with Gasteiger partial charge in [0.2, 0.25) is 0 Å². The Bertz CT molecular complexity index is 640. The van der Waals surface area contributed by atoms with Crippen LogP contribution in [0.3, 0.4) is 0 Å². The summed E-state index contributed by atoms with van der Waals surface area (Å²) in [5, 5.41) is 0. The van der Waals surface area contributed by atoms with E-state index in [9.17, 15) is 9.59 Å². The van der Waals surface area contributed by atoms with E-state index in [0.717, 1.165) is 31.7 Å². The van der Waals surface area contributed by atoms with E-state index >= 15 is 0 Å². The largest absolute Gasteiger partial charge is 0.444 e. The van der Waals surface area contributed by atoms with E-state index in [1.54, 1.807) is 11.1 Å². The minimum atomic E-state index is -0.479. The van der Waals surface area contributed by atoms with Gasteiger partial charge < -0.3 is 19.4 Å². The van der Waals surface area contributed by atoms with E-state index in [-0.39, 0.29) is 12.0 Å². The van der Waals surface area contributed by atoms with Crippen molar-refractivity contribution in [1.29, 1.82) is 0 Å². The first kappa shape index (κ1) is 18.5. The Morgan fingerprint density at radius 1 is 0.962 bits per heavy atom. The maximum atomic E-state index is 12.4. The topological polar surface area (TPSA) is 66.0 Å². The summed E-state index contributed by atoms with van der Waals surface area (Å²) in [5.41, 5.74) is 0.163. The predicted molar refractivity (Wildman–Crippen MR) is 99.4 cm³/mol. The lowest BCUT2D eigenvalue weighted by atomic mass is 10.2. The monoisotopic (exact) mass is 360 g/mol. The molecule has 0 unspecified atom stereocenters. The molecule has 0 N–H and O–H groups in total. The summed E-state index contributed by atoms with van der Waals surface area (Å²) in [6.07, 6.45) is 3.56. The Morgan fingerprint density at radius 2 is 1.62 bits per heavy atom. The summed E-state index contributed by atoms with van der Waals surface area (Å²) in [4.78, 5) is 34.7. The molecule has 2 aliphatic heterocycles. The number of hydrogen-bond donors (Lipinski definition) is 0. The van der Waals surface area contributed by atoms with E-state index in [1.165, 1.54) is 0 Å². The highest BCUT2D eigenvalue weighted by Crippen LogP contribution is 2.18. The van der Waals surface area contributed by atoms with Gasteiger partial charge in [0.05, 0.1) is 5.56 Å². The molecule has 2 fully saturated rings. The Hall–Kier alpha value is -2.31. The summed E-state index contributed by atoms with van der Waals surface area (Å²) in [5.74, 6) is 0.906. The molecule has 0 aromatic carbocycles. The van der Waals surface area contributed by atoms with Gasteiger partial charge in [-0.15, -0.1) is 0 Å². The van der Waals surface area contributed by atoms with E-state index in [2.05, 4.69) is 9.88 Å². The van der Waals surface area contributed by atoms with Crippen LogP contribution < -0.4 is 4.90 Å². The highest BCUT2D eigenvalue weighted by atomic mass is 16.6. The molecule has 7 nitrogen and oxygen atoms in total. The lowest BCUT2D eigenvalue weighted by molar-refractivity contribution is 0.0240. The van der Waals surface area contributed by atoms with Gasteiger partial charge in [0.1, 0.15) is 11.4 Å². The normalized spacial score (nSPS) is 18.2. The fourth-order valence-electron chi connectivity index (χ4n) is 3.25. The van der Waals surface area contributed by atoms with Crippen molar-refractivity contribution in [2.24, 2.45) is 0 Å². The number of pyridine rings is 1. The first-order valence-corrected chi connectivity index (χ1v) is 9.32. The summed E-state index contributed by atoms with van der Waals surface area (Å²) in [6, 6.07) is 3.75. The average Bonchev–Trinajstić information content (AvgIpc) is 3.14. The molecule has 3 rings (SSSR count). The van der Waals surface area contributed by atoms with Gasteiger partial charge in [-0.3, -0.25) is 4.79 Å². The molecule has 0 spiro atoms. The van der Waals surface area contributed by atoms with Crippen LogP contribution in [0, 0.1) is 0 Å². The van der Waals surface area contributed by atoms with Gasteiger partial charge in [0, 0.05) is 45.5 Å². The molecule has 2 saturated heterocycles. The van der Waals surface area contributed by atoms with Gasteiger partial charge in [-0.05, 0) is 45.7 Å². The van der Waals surface area contributed by atoms with Gasteiger partial charge in [-0.25, -0.2) is 9.78 Å². The number of carbonyl (C=O) groups excluding carboxylic acids is 2. The third-order valence-electron chi connectivity index (χ3n) is 4.64. The van der Waals surface area contributed by atoms with Gasteiger partial charge >= 0.3 is 6.09 Å². The molecule has 1 aromatic heterocycles. The number of rotatable bonds is 2. The van der Waals surface area contributed by atoms with E-state index in [1.807, 2.05) is 37.8 Å². The molecule has 0 aliphatic carbocycles. The number of piperazine rings is 1. The lowest BCUT2D eigenvalue weighted by Crippen LogP contribution is -2.50. The molecule has 1 aromatic rings. The fourth-order valence-corrected chi connectivity index (χ4v) is 3.25. The van der Waals surface area contributed by atoms with E-state index in [0.29, 0.717) is 31.7 Å². The Morgan fingerprint density at radius 3 is 2.15 bits per heavy atom. The summed E-state index contributed by atoms with van der Waals surface area (Å²) in [6.45, 7) is 9.90. The molecule has 3 heterocycles. The molecule has 0 bridgehead atoms. The number of amides is 2. The summed E-state index contributed by atoms with van der Waals surface area (Å²) in [7, 11) is 0. The van der Waals surface area contributed by atoms with Gasteiger partial charge in [0.25, 0.3) is 5.91 Å². The highest BCUT2D eigenvalue weighted by molar-refractivity contribution is 5.94. The zero-order valence-electron chi connectivity index (χ0n) is 15.9. The van der Waals surface area contributed by atoms with Crippen LogP contribution in [0.5, 0.6) is 0 Å². The van der Waals surface area contributed by atoms with E-state index in [4.69, 9.17) is 4.74 Å². The zero-order chi connectivity index (χ0) is 18.7. The molecule has 0 radical (unpaired) electrons. The molecule has 0 saturated carbocycles. The van der Waals surface area contributed by atoms with Crippen molar-refractivity contribution in [3.05, 3.63) is 23.9 Å². The second-order valence-electron chi connectivity index (χ2n) is 7.86. The van der Waals surface area contributed by atoms with Crippen molar-refractivity contribution in [3.8, 4) is 0 Å². The third kappa shape index (κ3) is 4.45. The minimum absolute atomic E-state index is 0.0660. The van der Waals surface area contributed by atoms with E-state index < -0.39 is 5.60 Å². The molecular formula is C19H28N4O3. The van der Waals surface area contributed by atoms with Gasteiger partial charge in [0.15, 0.2) is 0 Å². The maximum Gasteiger partial charge on any atom is 0.410 e. The van der Waals surface area contributed by atoms with Gasteiger partial charge in [-0.1, -0.05) is 0 Å². The van der Waals surface area contributed by atoms with Crippen LogP contribution in [-0.2, 0) is 4.74 Å². The Balaban J connectivity index is 1.54. The molecule has 7 heteroatoms. The Kier molecular flexibility index (Phi) is 5.34. The van der Waals surface area contributed by atoms with Crippen LogP contribution in [0.1, 0.15) is 44.0 Å². The second-order valence-corrected chi connectivity index (χ2v) is 7.86. The number of carbonyl (C=O) groups is 2.